The fourth-order valence-corrected chi connectivity index (χ4v) is 4.63. The van der Waals surface area contributed by atoms with Crippen molar-refractivity contribution in [3.8, 4) is 0 Å². The third-order valence-electron chi connectivity index (χ3n) is 6.80. The lowest BCUT2D eigenvalue weighted by atomic mass is 10.0. The first kappa shape index (κ1) is 29.5. The van der Waals surface area contributed by atoms with E-state index in [1.165, 1.54) is 6.07 Å². The molecule has 0 aliphatic carbocycles. The van der Waals surface area contributed by atoms with Gasteiger partial charge < -0.3 is 21.7 Å². The predicted octanol–water partition coefficient (Wildman–Crippen LogP) is 6.76. The van der Waals surface area contributed by atoms with Crippen molar-refractivity contribution in [2.75, 3.05) is 21.7 Å². The van der Waals surface area contributed by atoms with E-state index in [1.54, 1.807) is 91.0 Å². The van der Waals surface area contributed by atoms with Crippen molar-refractivity contribution in [1.29, 1.82) is 0 Å². The van der Waals surface area contributed by atoms with Gasteiger partial charge in [0.2, 0.25) is 0 Å². The molecule has 5 N–H and O–H groups in total. The highest BCUT2D eigenvalue weighted by Crippen LogP contribution is 2.18. The summed E-state index contributed by atoms with van der Waals surface area (Å²) in [5.74, 6) is -1.25. The summed E-state index contributed by atoms with van der Waals surface area (Å²) in [6.45, 7) is 1.94. The molecule has 0 saturated heterocycles. The van der Waals surface area contributed by atoms with Crippen molar-refractivity contribution in [3.05, 3.63) is 155 Å². The lowest BCUT2D eigenvalue weighted by Crippen LogP contribution is -2.16. The van der Waals surface area contributed by atoms with Gasteiger partial charge in [0.05, 0.1) is 0 Å². The molecule has 5 aromatic carbocycles. The number of carbonyl (C=O) groups is 4. The molecular formula is C36H30N4O4. The summed E-state index contributed by atoms with van der Waals surface area (Å²) in [6.07, 6.45) is 0.0757. The molecule has 0 aromatic heterocycles. The van der Waals surface area contributed by atoms with Crippen molar-refractivity contribution in [1.82, 2.24) is 0 Å². The summed E-state index contributed by atoms with van der Waals surface area (Å²) in [5.41, 5.74) is 11.1. The highest BCUT2D eigenvalue weighted by atomic mass is 16.2. The number of rotatable bonds is 9. The monoisotopic (exact) mass is 582 g/mol. The third kappa shape index (κ3) is 7.63. The summed E-state index contributed by atoms with van der Waals surface area (Å²) >= 11 is 0. The van der Waals surface area contributed by atoms with Crippen LogP contribution in [0, 0.1) is 6.92 Å². The quantitative estimate of drug-likeness (QED) is 0.113. The lowest BCUT2D eigenvalue weighted by molar-refractivity contribution is 0.0989. The predicted molar refractivity (Wildman–Crippen MR) is 173 cm³/mol. The molecule has 8 heteroatoms. The van der Waals surface area contributed by atoms with Crippen molar-refractivity contribution >= 4 is 46.3 Å². The van der Waals surface area contributed by atoms with Crippen molar-refractivity contribution in [2.45, 2.75) is 13.3 Å². The Balaban J connectivity index is 1.22. The molecule has 5 rings (SSSR count). The smallest absolute Gasteiger partial charge is 0.255 e. The van der Waals surface area contributed by atoms with Crippen LogP contribution < -0.4 is 21.7 Å². The largest absolute Gasteiger partial charge is 0.399 e. The topological polar surface area (TPSA) is 130 Å². The second kappa shape index (κ2) is 13.3. The van der Waals surface area contributed by atoms with E-state index in [0.29, 0.717) is 50.6 Å². The fourth-order valence-electron chi connectivity index (χ4n) is 4.63. The van der Waals surface area contributed by atoms with Gasteiger partial charge in [-0.15, -0.1) is 0 Å². The maximum atomic E-state index is 13.1. The Bertz CT molecular complexity index is 1750. The number of nitrogens with two attached hydrogens (primary N) is 1. The van der Waals surface area contributed by atoms with Crippen LogP contribution in [0.4, 0.5) is 22.7 Å². The summed E-state index contributed by atoms with van der Waals surface area (Å²) in [6, 6.07) is 34.3. The fraction of sp³-hybridized carbons (Fsp3) is 0.0556. The van der Waals surface area contributed by atoms with Gasteiger partial charge in [-0.2, -0.15) is 0 Å². The lowest BCUT2D eigenvalue weighted by Gasteiger charge is -2.10. The summed E-state index contributed by atoms with van der Waals surface area (Å²) < 4.78 is 0. The minimum absolute atomic E-state index is 0.0757. The van der Waals surface area contributed by atoms with Crippen molar-refractivity contribution < 1.29 is 19.2 Å². The molecule has 8 nitrogen and oxygen atoms in total. The van der Waals surface area contributed by atoms with E-state index in [4.69, 9.17) is 5.73 Å². The number of nitrogens with one attached hydrogen (secondary N) is 3. The molecule has 0 radical (unpaired) electrons. The van der Waals surface area contributed by atoms with Gasteiger partial charge in [0.15, 0.2) is 5.78 Å². The second-order valence-electron chi connectivity index (χ2n) is 10.3. The first-order valence-corrected chi connectivity index (χ1v) is 13.9. The molecule has 44 heavy (non-hydrogen) atoms. The van der Waals surface area contributed by atoms with E-state index in [-0.39, 0.29) is 24.0 Å². The van der Waals surface area contributed by atoms with Crippen LogP contribution in [0.5, 0.6) is 0 Å². The Kier molecular flexibility index (Phi) is 8.91. The number of amides is 3. The summed E-state index contributed by atoms with van der Waals surface area (Å²) in [4.78, 5) is 51.7. The van der Waals surface area contributed by atoms with E-state index >= 15 is 0 Å². The van der Waals surface area contributed by atoms with Gasteiger partial charge in [-0.25, -0.2) is 0 Å². The molecule has 0 spiro atoms. The highest BCUT2D eigenvalue weighted by Gasteiger charge is 2.14. The molecule has 218 valence electrons. The van der Waals surface area contributed by atoms with E-state index in [9.17, 15) is 19.2 Å². The van der Waals surface area contributed by atoms with Gasteiger partial charge in [0.25, 0.3) is 17.7 Å². The molecule has 0 unspecified atom stereocenters. The van der Waals surface area contributed by atoms with E-state index in [1.807, 2.05) is 31.2 Å². The Labute approximate surface area is 254 Å². The Morgan fingerprint density at radius 1 is 0.523 bits per heavy atom. The van der Waals surface area contributed by atoms with Crippen LogP contribution in [0.2, 0.25) is 0 Å². The molecule has 5 aromatic rings. The number of benzene rings is 5. The van der Waals surface area contributed by atoms with Gasteiger partial charge in [-0.3, -0.25) is 19.2 Å². The molecule has 0 aliphatic heterocycles. The SMILES string of the molecule is Cc1cccc(NC(=O)c2cccc(C(=O)Cc3cccc(NC(=O)c4cccc(C(=O)Nc5cccc(N)c5)c4)c3)c2)c1. The van der Waals surface area contributed by atoms with E-state index < -0.39 is 5.91 Å². The number of aryl methyl sites for hydroxylation is 1. The van der Waals surface area contributed by atoms with E-state index in [0.717, 1.165) is 5.56 Å². The maximum Gasteiger partial charge on any atom is 0.255 e. The Morgan fingerprint density at radius 2 is 0.977 bits per heavy atom. The zero-order valence-corrected chi connectivity index (χ0v) is 24.0. The molecular weight excluding hydrogens is 552 g/mol. The normalized spacial score (nSPS) is 10.5. The standard InChI is InChI=1S/C36H30N4O4/c1-23-7-2-14-30(17-23)38-34(42)26-10-4-9-25(20-26)33(41)19-24-8-3-15-31(18-24)39-35(43)27-11-5-12-28(21-27)36(44)40-32-16-6-13-29(37)22-32/h2-18,20-22H,19,37H2,1H3,(H,38,42)(H,39,43)(H,40,44). The average molecular weight is 583 g/mol. The van der Waals surface area contributed by atoms with Gasteiger partial charge in [0, 0.05) is 51.4 Å². The van der Waals surface area contributed by atoms with Gasteiger partial charge in [0.1, 0.15) is 0 Å². The first-order chi connectivity index (χ1) is 21.2. The van der Waals surface area contributed by atoms with Crippen LogP contribution in [0.1, 0.15) is 52.6 Å². The number of hydrogen-bond acceptors (Lipinski definition) is 5. The van der Waals surface area contributed by atoms with Crippen molar-refractivity contribution in [2.24, 2.45) is 0 Å². The zero-order chi connectivity index (χ0) is 31.1. The summed E-state index contributed by atoms with van der Waals surface area (Å²) in [7, 11) is 0. The molecule has 0 saturated carbocycles. The first-order valence-electron chi connectivity index (χ1n) is 13.9. The van der Waals surface area contributed by atoms with Gasteiger partial charge in [-0.1, -0.05) is 48.5 Å². The summed E-state index contributed by atoms with van der Waals surface area (Å²) in [5, 5.41) is 8.47. The van der Waals surface area contributed by atoms with Crippen LogP contribution in [0.3, 0.4) is 0 Å². The molecule has 0 atom stereocenters. The molecule has 0 bridgehead atoms. The van der Waals surface area contributed by atoms with Gasteiger partial charge >= 0.3 is 0 Å². The number of nitrogen functional groups attached to an aromatic ring is 1. The van der Waals surface area contributed by atoms with E-state index in [2.05, 4.69) is 16.0 Å². The molecule has 0 heterocycles. The van der Waals surface area contributed by atoms with Crippen LogP contribution in [0.25, 0.3) is 0 Å². The molecule has 0 aliphatic rings. The van der Waals surface area contributed by atoms with Crippen LogP contribution in [-0.4, -0.2) is 23.5 Å². The minimum atomic E-state index is -0.403. The maximum absolute atomic E-state index is 13.1. The second-order valence-corrected chi connectivity index (χ2v) is 10.3. The average Bonchev–Trinajstić information content (AvgIpc) is 3.01. The number of anilines is 4. The molecule has 3 amide bonds. The number of ketones is 1. The Morgan fingerprint density at radius 3 is 1.55 bits per heavy atom. The van der Waals surface area contributed by atoms with Crippen LogP contribution in [0.15, 0.2) is 121 Å². The van der Waals surface area contributed by atoms with Crippen LogP contribution in [-0.2, 0) is 6.42 Å². The number of hydrogen-bond donors (Lipinski definition) is 4. The van der Waals surface area contributed by atoms with Crippen LogP contribution >= 0.6 is 0 Å². The van der Waals surface area contributed by atoms with Gasteiger partial charge in [-0.05, 0) is 90.8 Å². The van der Waals surface area contributed by atoms with Crippen molar-refractivity contribution in [3.63, 3.8) is 0 Å². The molecule has 0 fully saturated rings. The third-order valence-corrected chi connectivity index (χ3v) is 6.80. The number of carbonyl (C=O) groups excluding carboxylic acids is 4. The highest BCUT2D eigenvalue weighted by molar-refractivity contribution is 6.09. The minimum Gasteiger partial charge on any atom is -0.399 e. The zero-order valence-electron chi connectivity index (χ0n) is 24.0. The Hall–Kier alpha value is -6.02. The number of Topliss-reactive ketones (excluding diaryl/α,β-unsaturated/α-hetero) is 1.